The largest absolute Gasteiger partial charge is 2.00 e. The van der Waals surface area contributed by atoms with Gasteiger partial charge in [-0.05, 0) is 90.0 Å². The summed E-state index contributed by atoms with van der Waals surface area (Å²) >= 11 is 0. The van der Waals surface area contributed by atoms with E-state index in [-0.39, 0.29) is 72.2 Å². The van der Waals surface area contributed by atoms with Crippen LogP contribution in [0.5, 0.6) is 0 Å². The molecule has 6 heterocycles. The summed E-state index contributed by atoms with van der Waals surface area (Å²) in [5.74, 6) is 3.61. The average Bonchev–Trinajstić information content (AvgIpc) is 4.19. The Balaban J connectivity index is 0.000000300. The molecule has 0 N–H and O–H groups in total. The Morgan fingerprint density at radius 1 is 0.329 bits per heavy atom. The van der Waals surface area contributed by atoms with Crippen LogP contribution in [-0.2, 0) is 67.4 Å². The zero-order chi connectivity index (χ0) is 57.3. The third-order valence-corrected chi connectivity index (χ3v) is 22.4. The molecule has 0 atom stereocenters. The topological polar surface area (TPSA) is 158 Å². The number of benzene rings is 3. The van der Waals surface area contributed by atoms with Gasteiger partial charge in [0.2, 0.25) is 0 Å². The van der Waals surface area contributed by atoms with Crippen molar-refractivity contribution in [2.45, 2.75) is 176 Å². The number of aryl methyl sites for hydroxylation is 1. The van der Waals surface area contributed by atoms with Gasteiger partial charge < -0.3 is 37.7 Å². The van der Waals surface area contributed by atoms with Gasteiger partial charge >= 0.3 is 39.0 Å². The van der Waals surface area contributed by atoms with Gasteiger partial charge in [0.25, 0.3) is 12.3 Å². The van der Waals surface area contributed by atoms with Crippen LogP contribution >= 0.6 is 0 Å². The maximum atomic E-state index is 6.21. The van der Waals surface area contributed by atoms with E-state index in [1.54, 1.807) is 0 Å². The van der Waals surface area contributed by atoms with Gasteiger partial charge in [0.15, 0.2) is 0 Å². The third kappa shape index (κ3) is 19.4. The van der Waals surface area contributed by atoms with Gasteiger partial charge in [0.05, 0.1) is 33.2 Å². The fraction of sp³-hybridized carbons (Fsp3) is 0.579. The fourth-order valence-corrected chi connectivity index (χ4v) is 19.3. The zero-order valence-electron chi connectivity index (χ0n) is 52.3. The number of hydrogen-bond donors (Lipinski definition) is 0. The van der Waals surface area contributed by atoms with E-state index in [4.69, 9.17) is 58.4 Å². The summed E-state index contributed by atoms with van der Waals surface area (Å²) in [6.45, 7) is 48.1. The van der Waals surface area contributed by atoms with Crippen LogP contribution in [0.4, 0.5) is 0 Å². The quantitative estimate of drug-likeness (QED) is 0.164. The molecular weight excluding hydrogens is 1160 g/mol. The fourth-order valence-electron chi connectivity index (χ4n) is 9.71. The zero-order valence-corrected chi connectivity index (χ0v) is 62.9. The van der Waals surface area contributed by atoms with Crippen LogP contribution in [0, 0.1) is 6.92 Å². The SMILES string of the molecule is CC1(C)COC([B-](C2=NC(C)(C)CO2)(C2=NC(C)(C)CO2)c2ccccc2)=N1.CC1(C)COC([B-](C2=NC(C)(C)CO2)(C2=NC(C)(C)CO2)c2ccccc2)=N1.C[SiH](C)[N-][SiH](C)C.C[SiH](C)[N-][SiH](C)C.Cc1ccccc1.[Zn+2].[Zn+2]. The van der Waals surface area contributed by atoms with Crippen LogP contribution in [0.15, 0.2) is 121 Å². The molecule has 3 aromatic carbocycles. The van der Waals surface area contributed by atoms with E-state index in [9.17, 15) is 0 Å². The molecule has 9 rings (SSSR count). The molecular formula is C57H94B2N8O6Si4Zn2. The van der Waals surface area contributed by atoms with Crippen molar-refractivity contribution in [3.63, 3.8) is 0 Å². The van der Waals surface area contributed by atoms with Crippen molar-refractivity contribution in [3.8, 4) is 0 Å². The average molecular weight is 1250 g/mol. The molecule has 424 valence electrons. The van der Waals surface area contributed by atoms with E-state index < -0.39 is 48.1 Å². The molecule has 0 radical (unpaired) electrons. The van der Waals surface area contributed by atoms with Crippen molar-refractivity contribution in [3.05, 3.63) is 106 Å². The summed E-state index contributed by atoms with van der Waals surface area (Å²) in [7, 11) is -2.17. The Morgan fingerprint density at radius 3 is 0.620 bits per heavy atom. The van der Waals surface area contributed by atoms with Crippen molar-refractivity contribution < 1.29 is 67.4 Å². The Kier molecular flexibility index (Phi) is 25.5. The van der Waals surface area contributed by atoms with Crippen molar-refractivity contribution in [2.75, 3.05) is 39.6 Å². The maximum Gasteiger partial charge on any atom is 2.00 e. The number of rotatable bonds is 12. The first kappa shape index (κ1) is 69.9. The Hall–Kier alpha value is -3.36. The molecule has 79 heavy (non-hydrogen) atoms. The summed E-state index contributed by atoms with van der Waals surface area (Å²) in [5.41, 5.74) is 1.39. The van der Waals surface area contributed by atoms with E-state index in [0.717, 1.165) is 10.9 Å². The first-order chi connectivity index (χ1) is 35.7. The second kappa shape index (κ2) is 28.8. The first-order valence-corrected chi connectivity index (χ1v) is 39.3. The van der Waals surface area contributed by atoms with Crippen LogP contribution in [0.1, 0.15) is 88.6 Å². The molecule has 0 aliphatic carbocycles. The van der Waals surface area contributed by atoms with Crippen molar-refractivity contribution in [1.29, 1.82) is 0 Å². The second-order valence-electron chi connectivity index (χ2n) is 26.2. The number of nitrogens with zero attached hydrogens (tertiary/aromatic N) is 8. The minimum absolute atomic E-state index is 0. The number of aliphatic imine (C=N–C) groups is 6. The molecule has 14 nitrogen and oxygen atoms in total. The van der Waals surface area contributed by atoms with E-state index in [2.05, 4.69) is 188 Å². The minimum Gasteiger partial charge on any atom is -0.672 e. The first-order valence-electron chi connectivity index (χ1n) is 28.0. The maximum absolute atomic E-state index is 6.21. The molecule has 0 unspecified atom stereocenters. The molecule has 22 heteroatoms. The molecule has 0 saturated heterocycles. The van der Waals surface area contributed by atoms with Crippen LogP contribution in [0.3, 0.4) is 0 Å². The summed E-state index contributed by atoms with van der Waals surface area (Å²) < 4.78 is 46.3. The van der Waals surface area contributed by atoms with Gasteiger partial charge in [-0.1, -0.05) is 185 Å². The molecule has 0 aromatic heterocycles. The predicted octanol–water partition coefficient (Wildman–Crippen LogP) is 9.81. The van der Waals surface area contributed by atoms with Crippen LogP contribution < -0.4 is 10.9 Å². The monoisotopic (exact) mass is 1250 g/mol. The van der Waals surface area contributed by atoms with Gasteiger partial charge in [0, 0.05) is 34.8 Å². The van der Waals surface area contributed by atoms with Crippen LogP contribution in [0.2, 0.25) is 52.4 Å². The Bertz CT molecular complexity index is 2280. The molecule has 0 amide bonds. The standard InChI is InChI=1S/2C21H29BN3O3.C7H8.2C4H14NSi2.2Zn/c2*1-19(2)12-26-16(23-19)22(15-10-8-7-9-11-15,17-24-20(3,4)13-27-17)18-25-21(5,6)14-28-18;1-7-5-3-2-4-6-7;2*1-6(2)5-7(3)4;;/h2*7-11H,12-14H2,1-6H3;2-6H,1H3;2*6-7H,1-4H3;;/q2*-1;;2*-1;2*+2. The molecule has 0 bridgehead atoms. The summed E-state index contributed by atoms with van der Waals surface area (Å²) in [6.07, 6.45) is -3.87. The third-order valence-electron chi connectivity index (χ3n) is 12.9. The molecule has 6 aliphatic rings. The van der Waals surface area contributed by atoms with E-state index in [1.165, 1.54) is 5.56 Å². The molecule has 3 aromatic rings. The van der Waals surface area contributed by atoms with Crippen molar-refractivity contribution >= 4 is 93.8 Å². The van der Waals surface area contributed by atoms with Gasteiger partial charge in [-0.15, -0.1) is 0 Å². The van der Waals surface area contributed by atoms with Crippen LogP contribution in [0.25, 0.3) is 9.30 Å². The van der Waals surface area contributed by atoms with Gasteiger partial charge in [-0.2, -0.15) is 10.9 Å². The summed E-state index contributed by atoms with van der Waals surface area (Å²) in [5, 5.41) is 0. The van der Waals surface area contributed by atoms with Crippen molar-refractivity contribution in [1.82, 2.24) is 0 Å². The summed E-state index contributed by atoms with van der Waals surface area (Å²) in [4.78, 5) is 29.7. The molecule has 0 saturated carbocycles. The van der Waals surface area contributed by atoms with Gasteiger partial charge in [0.1, 0.15) is 39.6 Å². The normalized spacial score (nSPS) is 20.2. The number of ether oxygens (including phenoxy) is 6. The van der Waals surface area contributed by atoms with Crippen molar-refractivity contribution in [2.24, 2.45) is 30.0 Å². The Labute approximate surface area is 508 Å². The van der Waals surface area contributed by atoms with Gasteiger partial charge in [-0.3, -0.25) is 30.0 Å². The minimum atomic E-state index is -1.93. The molecule has 0 spiro atoms. The van der Waals surface area contributed by atoms with E-state index in [0.29, 0.717) is 74.4 Å². The number of hydrogen-bond acceptors (Lipinski definition) is 12. The van der Waals surface area contributed by atoms with E-state index in [1.807, 2.05) is 54.6 Å². The molecule has 0 fully saturated rings. The van der Waals surface area contributed by atoms with Gasteiger partial charge in [-0.25, -0.2) is 0 Å². The predicted molar refractivity (Wildman–Crippen MR) is 342 cm³/mol. The second-order valence-corrected chi connectivity index (χ2v) is 37.3. The van der Waals surface area contributed by atoms with Crippen LogP contribution in [-0.4, -0.2) is 156 Å². The van der Waals surface area contributed by atoms with E-state index >= 15 is 0 Å². The smallest absolute Gasteiger partial charge is 0.672 e. The summed E-state index contributed by atoms with van der Waals surface area (Å²) in [6, 6.07) is 30.5. The Morgan fingerprint density at radius 2 is 0.506 bits per heavy atom. The molecule has 6 aliphatic heterocycles.